The first-order valence-electron chi connectivity index (χ1n) is 5.70. The van der Waals surface area contributed by atoms with Crippen LogP contribution in [0.25, 0.3) is 0 Å². The van der Waals surface area contributed by atoms with Gasteiger partial charge in [-0.3, -0.25) is 0 Å². The van der Waals surface area contributed by atoms with Crippen LogP contribution >= 0.6 is 0 Å². The molecule has 1 unspecified atom stereocenters. The first kappa shape index (κ1) is 13.7. The van der Waals surface area contributed by atoms with E-state index in [-0.39, 0.29) is 12.3 Å². The third-order valence-corrected chi connectivity index (χ3v) is 20.2. The fraction of sp³-hybridized carbons (Fsp3) is 0.727. The number of esters is 1. The Kier molecular flexibility index (Phi) is 3.81. The van der Waals surface area contributed by atoms with E-state index in [2.05, 4.69) is 32.8 Å². The van der Waals surface area contributed by atoms with Crippen LogP contribution in [0.1, 0.15) is 13.3 Å². The van der Waals surface area contributed by atoms with Crippen LogP contribution in [0.5, 0.6) is 0 Å². The highest BCUT2D eigenvalue weighted by Gasteiger charge is 2.48. The molecule has 1 aliphatic rings. The highest BCUT2D eigenvalue weighted by atomic mass is 29.3. The lowest BCUT2D eigenvalue weighted by Crippen LogP contribution is -2.62. The molecule has 0 N–H and O–H groups in total. The van der Waals surface area contributed by atoms with E-state index in [1.54, 1.807) is 6.92 Å². The Hall–Kier alpha value is -0.396. The van der Waals surface area contributed by atoms with Crippen molar-refractivity contribution in [3.8, 4) is 0 Å². The van der Waals surface area contributed by atoms with Crippen molar-refractivity contribution in [2.24, 2.45) is 0 Å². The Morgan fingerprint density at radius 3 is 2.38 bits per heavy atom. The van der Waals surface area contributed by atoms with Crippen LogP contribution in [-0.2, 0) is 14.0 Å². The molecule has 1 saturated heterocycles. The van der Waals surface area contributed by atoms with Crippen molar-refractivity contribution in [1.29, 1.82) is 0 Å². The van der Waals surface area contributed by atoms with Gasteiger partial charge in [-0.2, -0.15) is 0 Å². The van der Waals surface area contributed by atoms with Crippen LogP contribution in [0.3, 0.4) is 0 Å². The summed E-state index contributed by atoms with van der Waals surface area (Å²) in [5.74, 6) is -0.337. The molecule has 0 radical (unpaired) electrons. The van der Waals surface area contributed by atoms with Crippen LogP contribution < -0.4 is 0 Å². The third kappa shape index (κ3) is 2.84. The number of hydrogen-bond acceptors (Lipinski definition) is 3. The fourth-order valence-electron chi connectivity index (χ4n) is 1.63. The van der Waals surface area contributed by atoms with Crippen molar-refractivity contribution in [3.05, 3.63) is 12.2 Å². The quantitative estimate of drug-likeness (QED) is 0.434. The number of carbonyl (C=O) groups is 1. The molecular formula is C11H22O3Si2. The zero-order valence-electron chi connectivity index (χ0n) is 10.9. The summed E-state index contributed by atoms with van der Waals surface area (Å²) in [6.07, 6.45) is 0.501. The van der Waals surface area contributed by atoms with E-state index in [4.69, 9.17) is 9.16 Å². The molecular weight excluding hydrogens is 236 g/mol. The van der Waals surface area contributed by atoms with Gasteiger partial charge in [0.2, 0.25) is 0 Å². The van der Waals surface area contributed by atoms with Gasteiger partial charge in [0.1, 0.15) is 0 Å². The second kappa shape index (κ2) is 4.46. The molecule has 0 aromatic heterocycles. The van der Waals surface area contributed by atoms with Crippen molar-refractivity contribution < 1.29 is 14.0 Å². The van der Waals surface area contributed by atoms with Crippen LogP contribution in [0.15, 0.2) is 12.2 Å². The normalized spacial score (nSPS) is 27.2. The number of rotatable bonds is 2. The van der Waals surface area contributed by atoms with Gasteiger partial charge in [-0.15, -0.1) is 0 Å². The maximum absolute atomic E-state index is 11.4. The fourth-order valence-corrected chi connectivity index (χ4v) is 7.92. The molecule has 1 aliphatic heterocycles. The molecule has 1 fully saturated rings. The van der Waals surface area contributed by atoms with E-state index in [9.17, 15) is 4.79 Å². The topological polar surface area (TPSA) is 35.5 Å². The van der Waals surface area contributed by atoms with Gasteiger partial charge < -0.3 is 9.16 Å². The van der Waals surface area contributed by atoms with E-state index in [0.29, 0.717) is 5.57 Å². The predicted molar refractivity (Wildman–Crippen MR) is 70.2 cm³/mol. The minimum absolute atomic E-state index is 0.337. The SMILES string of the molecule is C=C(C)C(=O)OC1CC[Si](C)(C)[Si](C)(C)O1. The van der Waals surface area contributed by atoms with E-state index < -0.39 is 15.4 Å². The average molecular weight is 258 g/mol. The minimum Gasteiger partial charge on any atom is -0.433 e. The molecule has 0 spiro atoms. The van der Waals surface area contributed by atoms with Crippen LogP contribution in [0, 0.1) is 0 Å². The molecule has 0 aliphatic carbocycles. The van der Waals surface area contributed by atoms with E-state index >= 15 is 0 Å². The maximum atomic E-state index is 11.4. The van der Waals surface area contributed by atoms with Crippen LogP contribution in [0.4, 0.5) is 0 Å². The van der Waals surface area contributed by atoms with Gasteiger partial charge in [0.25, 0.3) is 0 Å². The summed E-state index contributed by atoms with van der Waals surface area (Å²) >= 11 is 0. The lowest BCUT2D eigenvalue weighted by atomic mass is 10.3. The van der Waals surface area contributed by atoms with Gasteiger partial charge in [0.15, 0.2) is 14.1 Å². The predicted octanol–water partition coefficient (Wildman–Crippen LogP) is 2.84. The largest absolute Gasteiger partial charge is 0.433 e. The Morgan fingerprint density at radius 2 is 1.94 bits per heavy atom. The molecule has 3 nitrogen and oxygen atoms in total. The van der Waals surface area contributed by atoms with Crippen molar-refractivity contribution in [2.45, 2.75) is 51.9 Å². The number of ether oxygens (including phenoxy) is 1. The van der Waals surface area contributed by atoms with Gasteiger partial charge >= 0.3 is 5.97 Å². The Bertz CT molecular complexity index is 310. The van der Waals surface area contributed by atoms with Crippen molar-refractivity contribution in [3.63, 3.8) is 0 Å². The molecule has 0 aromatic carbocycles. The molecule has 1 rings (SSSR count). The smallest absolute Gasteiger partial charge is 0.335 e. The Morgan fingerprint density at radius 1 is 1.38 bits per heavy atom. The van der Waals surface area contributed by atoms with E-state index in [1.165, 1.54) is 6.04 Å². The first-order valence-corrected chi connectivity index (χ1v) is 12.8. The van der Waals surface area contributed by atoms with Crippen LogP contribution in [0.2, 0.25) is 32.2 Å². The van der Waals surface area contributed by atoms with Crippen LogP contribution in [-0.4, -0.2) is 27.7 Å². The lowest BCUT2D eigenvalue weighted by Gasteiger charge is -2.44. The first-order chi connectivity index (χ1) is 7.16. The summed E-state index contributed by atoms with van der Waals surface area (Å²) < 4.78 is 11.3. The van der Waals surface area contributed by atoms with Crippen molar-refractivity contribution in [1.82, 2.24) is 0 Å². The Labute approximate surface area is 99.8 Å². The standard InChI is InChI=1S/C11H22O3Si2/c1-9(2)11(12)13-10-7-8-15(3,4)16(5,6)14-10/h10H,1,7-8H2,2-6H3. The monoisotopic (exact) mass is 258 g/mol. The Balaban J connectivity index is 2.63. The summed E-state index contributed by atoms with van der Waals surface area (Å²) in [6.45, 7) is 14.4. The molecule has 92 valence electrons. The number of hydrogen-bond donors (Lipinski definition) is 0. The third-order valence-electron chi connectivity index (χ3n) is 3.65. The van der Waals surface area contributed by atoms with Gasteiger partial charge in [0, 0.05) is 12.0 Å². The van der Waals surface area contributed by atoms with Gasteiger partial charge in [0.05, 0.1) is 7.59 Å². The molecule has 0 saturated carbocycles. The second-order valence-electron chi connectivity index (χ2n) is 5.67. The molecule has 5 heteroatoms. The van der Waals surface area contributed by atoms with E-state index in [1.807, 2.05) is 0 Å². The summed E-state index contributed by atoms with van der Waals surface area (Å²) in [6, 6.07) is 1.18. The minimum atomic E-state index is -1.65. The zero-order chi connectivity index (χ0) is 12.6. The average Bonchev–Trinajstić information content (AvgIpc) is 2.11. The van der Waals surface area contributed by atoms with Gasteiger partial charge in [-0.1, -0.05) is 25.7 Å². The highest BCUT2D eigenvalue weighted by Crippen LogP contribution is 2.33. The second-order valence-corrected chi connectivity index (χ2v) is 20.9. The molecule has 1 heterocycles. The van der Waals surface area contributed by atoms with Gasteiger partial charge in [-0.25, -0.2) is 4.79 Å². The molecule has 0 amide bonds. The summed E-state index contributed by atoms with van der Waals surface area (Å²) in [5, 5.41) is 0. The summed E-state index contributed by atoms with van der Waals surface area (Å²) in [5.41, 5.74) is 0.435. The maximum Gasteiger partial charge on any atom is 0.335 e. The highest BCUT2D eigenvalue weighted by molar-refractivity contribution is 7.38. The van der Waals surface area contributed by atoms with Gasteiger partial charge in [-0.05, 0) is 20.0 Å². The summed E-state index contributed by atoms with van der Waals surface area (Å²) in [7, 11) is -2.89. The molecule has 1 atom stereocenters. The molecule has 16 heavy (non-hydrogen) atoms. The molecule has 0 aromatic rings. The zero-order valence-corrected chi connectivity index (χ0v) is 12.9. The lowest BCUT2D eigenvalue weighted by molar-refractivity contribution is -0.160. The number of carbonyl (C=O) groups excluding carboxylic acids is 1. The van der Waals surface area contributed by atoms with Crippen molar-refractivity contribution >= 4 is 21.4 Å². The van der Waals surface area contributed by atoms with Crippen molar-refractivity contribution in [2.75, 3.05) is 0 Å². The summed E-state index contributed by atoms with van der Waals surface area (Å²) in [4.78, 5) is 11.4. The van der Waals surface area contributed by atoms with E-state index in [0.717, 1.165) is 6.42 Å². The molecule has 0 bridgehead atoms.